The molecule has 0 aliphatic carbocycles. The molecule has 52 heavy (non-hydrogen) atoms. The van der Waals surface area contributed by atoms with E-state index in [0.717, 1.165) is 0 Å². The molecule has 0 saturated carbocycles. The summed E-state index contributed by atoms with van der Waals surface area (Å²) in [6, 6.07) is 73.0. The van der Waals surface area contributed by atoms with Crippen molar-refractivity contribution < 1.29 is 0 Å². The number of fused-ring (bicyclic) bond motifs is 8. The molecule has 0 radical (unpaired) electrons. The molecule has 0 fully saturated rings. The van der Waals surface area contributed by atoms with Crippen LogP contribution in [0.2, 0.25) is 0 Å². The maximum atomic E-state index is 2.57. The first-order valence-electron chi connectivity index (χ1n) is 17.9. The molecule has 11 rings (SSSR count). The minimum atomic E-state index is -3.42. The second-order valence-electron chi connectivity index (χ2n) is 13.7. The van der Waals surface area contributed by atoms with E-state index in [9.17, 15) is 0 Å². The van der Waals surface area contributed by atoms with Crippen LogP contribution in [0.15, 0.2) is 194 Å². The summed E-state index contributed by atoms with van der Waals surface area (Å²) in [6.07, 6.45) is 0. The molecule has 2 nitrogen and oxygen atoms in total. The summed E-state index contributed by atoms with van der Waals surface area (Å²) in [6.45, 7) is 0. The SMILES string of the molecule is c1cc[c]([Ge]2([c]3ccccc3)[c]3ccccc3[Se]c3c(-n4c5ccccc5c5cc(-n6c7ccccc7c7ccccc76)ccc54)ccc[c]32)cc1. The van der Waals surface area contributed by atoms with Gasteiger partial charge in [0.15, 0.2) is 0 Å². The molecule has 2 aromatic heterocycles. The van der Waals surface area contributed by atoms with Crippen LogP contribution in [0.4, 0.5) is 0 Å². The first-order chi connectivity index (χ1) is 25.8. The van der Waals surface area contributed by atoms with E-state index in [4.69, 9.17) is 0 Å². The van der Waals surface area contributed by atoms with Crippen molar-refractivity contribution >= 4 is 98.3 Å². The number of aromatic nitrogens is 2. The molecule has 3 heterocycles. The van der Waals surface area contributed by atoms with Gasteiger partial charge in [-0.25, -0.2) is 0 Å². The van der Waals surface area contributed by atoms with E-state index in [2.05, 4.69) is 203 Å². The van der Waals surface area contributed by atoms with Crippen LogP contribution in [0.25, 0.3) is 55.0 Å². The zero-order valence-electron chi connectivity index (χ0n) is 28.3. The van der Waals surface area contributed by atoms with Gasteiger partial charge in [-0.05, 0) is 0 Å². The van der Waals surface area contributed by atoms with E-state index < -0.39 is 13.3 Å². The minimum absolute atomic E-state index is 0.126. The molecular weight excluding hydrogens is 756 g/mol. The topological polar surface area (TPSA) is 9.86 Å². The Morgan fingerprint density at radius 3 is 1.52 bits per heavy atom. The molecule has 0 amide bonds. The molecule has 0 bridgehead atoms. The van der Waals surface area contributed by atoms with E-state index in [1.54, 1.807) is 8.79 Å². The molecule has 8 aromatic carbocycles. The second kappa shape index (κ2) is 11.7. The Balaban J connectivity index is 1.21. The van der Waals surface area contributed by atoms with Crippen molar-refractivity contribution in [3.8, 4) is 11.4 Å². The fraction of sp³-hybridized carbons (Fsp3) is 0. The molecule has 1 aliphatic heterocycles. The van der Waals surface area contributed by atoms with Gasteiger partial charge in [0.25, 0.3) is 0 Å². The first kappa shape index (κ1) is 30.1. The third kappa shape index (κ3) is 4.19. The van der Waals surface area contributed by atoms with Crippen molar-refractivity contribution in [2.75, 3.05) is 0 Å². The second-order valence-corrected chi connectivity index (χ2v) is 23.7. The van der Waals surface area contributed by atoms with E-state index in [-0.39, 0.29) is 15.0 Å². The van der Waals surface area contributed by atoms with Crippen LogP contribution in [-0.4, -0.2) is 37.4 Å². The molecule has 4 heteroatoms. The average Bonchev–Trinajstić information content (AvgIpc) is 3.73. The third-order valence-corrected chi connectivity index (χ3v) is 25.5. The zero-order valence-corrected chi connectivity index (χ0v) is 32.1. The van der Waals surface area contributed by atoms with E-state index in [1.807, 2.05) is 0 Å². The first-order valence-corrected chi connectivity index (χ1v) is 23.8. The van der Waals surface area contributed by atoms with E-state index in [0.29, 0.717) is 0 Å². The Labute approximate surface area is 311 Å². The zero-order chi connectivity index (χ0) is 34.2. The average molecular weight is 788 g/mol. The van der Waals surface area contributed by atoms with Gasteiger partial charge >= 0.3 is 313 Å². The summed E-state index contributed by atoms with van der Waals surface area (Å²) < 4.78 is 14.1. The van der Waals surface area contributed by atoms with Gasteiger partial charge in [0.1, 0.15) is 0 Å². The normalized spacial score (nSPS) is 13.5. The van der Waals surface area contributed by atoms with E-state index >= 15 is 0 Å². The van der Waals surface area contributed by atoms with Crippen LogP contribution in [0.3, 0.4) is 0 Å². The number of nitrogens with zero attached hydrogens (tertiary/aromatic N) is 2. The van der Waals surface area contributed by atoms with Gasteiger partial charge in [-0.2, -0.15) is 0 Å². The molecule has 0 unspecified atom stereocenters. The molecule has 0 atom stereocenters. The monoisotopic (exact) mass is 790 g/mol. The van der Waals surface area contributed by atoms with Gasteiger partial charge in [0.05, 0.1) is 0 Å². The van der Waals surface area contributed by atoms with Gasteiger partial charge in [0, 0.05) is 0 Å². The summed E-state index contributed by atoms with van der Waals surface area (Å²) in [5, 5.41) is 5.12. The van der Waals surface area contributed by atoms with Crippen molar-refractivity contribution in [1.29, 1.82) is 0 Å². The van der Waals surface area contributed by atoms with Crippen LogP contribution < -0.4 is 26.5 Å². The fourth-order valence-corrected chi connectivity index (χ4v) is 25.7. The molecule has 0 saturated heterocycles. The van der Waals surface area contributed by atoms with Gasteiger partial charge in [-0.3, -0.25) is 0 Å². The van der Waals surface area contributed by atoms with Crippen molar-refractivity contribution in [2.24, 2.45) is 0 Å². The standard InChI is InChI=1S/C48H32GeN2Se/c1-3-16-33(17-4-1)49(34-18-5-2-6-19-34)40-23-10-14-29-47(40)52-48-41(49)24-15-28-46(48)51-44-27-13-9-22-38(44)39-32-35(30-31-45(39)51)50-42-25-11-7-20-36(42)37-21-8-12-26-43(37)50/h1-32H. The fourth-order valence-electron chi connectivity index (χ4n) is 8.95. The molecule has 1 aliphatic rings. The molecule has 0 N–H and O–H groups in total. The van der Waals surface area contributed by atoms with Crippen LogP contribution in [0, 0.1) is 0 Å². The molecule has 244 valence electrons. The Morgan fingerprint density at radius 1 is 0.365 bits per heavy atom. The van der Waals surface area contributed by atoms with Crippen LogP contribution in [0.5, 0.6) is 0 Å². The summed E-state index contributed by atoms with van der Waals surface area (Å²) >= 11 is -3.30. The van der Waals surface area contributed by atoms with Crippen LogP contribution in [-0.2, 0) is 0 Å². The maximum absolute atomic E-state index is 3.42. The van der Waals surface area contributed by atoms with Crippen LogP contribution >= 0.6 is 0 Å². The number of rotatable bonds is 4. The summed E-state index contributed by atoms with van der Waals surface area (Å²) in [5.74, 6) is 0. The number of hydrogen-bond acceptors (Lipinski definition) is 0. The van der Waals surface area contributed by atoms with E-state index in [1.165, 1.54) is 72.7 Å². The quantitative estimate of drug-likeness (QED) is 0.167. The van der Waals surface area contributed by atoms with Crippen molar-refractivity contribution in [3.05, 3.63) is 194 Å². The number of hydrogen-bond donors (Lipinski definition) is 0. The third-order valence-electron chi connectivity index (χ3n) is 11.1. The summed E-state index contributed by atoms with van der Waals surface area (Å²) in [7, 11) is 0. The summed E-state index contributed by atoms with van der Waals surface area (Å²) in [5.41, 5.74) is 7.45. The Hall–Kier alpha value is -5.58. The van der Waals surface area contributed by atoms with Crippen molar-refractivity contribution in [3.63, 3.8) is 0 Å². The Morgan fingerprint density at radius 2 is 0.865 bits per heavy atom. The molecule has 10 aromatic rings. The molecule has 0 spiro atoms. The Bertz CT molecular complexity index is 2900. The number of para-hydroxylation sites is 3. The van der Waals surface area contributed by atoms with Crippen LogP contribution in [0.1, 0.15) is 0 Å². The van der Waals surface area contributed by atoms with Gasteiger partial charge in [-0.15, -0.1) is 0 Å². The Kier molecular flexibility index (Phi) is 6.79. The van der Waals surface area contributed by atoms with Gasteiger partial charge < -0.3 is 0 Å². The predicted molar refractivity (Wildman–Crippen MR) is 224 cm³/mol. The predicted octanol–water partition coefficient (Wildman–Crippen LogP) is 7.23. The van der Waals surface area contributed by atoms with Crippen molar-refractivity contribution in [1.82, 2.24) is 9.13 Å². The molecular formula is C48H32GeN2Se. The summed E-state index contributed by atoms with van der Waals surface area (Å²) in [4.78, 5) is 0. The van der Waals surface area contributed by atoms with Crippen molar-refractivity contribution in [2.45, 2.75) is 0 Å². The van der Waals surface area contributed by atoms with Gasteiger partial charge in [0.2, 0.25) is 0 Å². The number of benzene rings is 8. The van der Waals surface area contributed by atoms with Gasteiger partial charge in [-0.1, -0.05) is 0 Å².